The molecular formula is C16H14FNO. The second-order valence-electron chi connectivity index (χ2n) is 4.25. The van der Waals surface area contributed by atoms with E-state index < -0.39 is 0 Å². The predicted molar refractivity (Wildman–Crippen MR) is 71.5 cm³/mol. The van der Waals surface area contributed by atoms with Crippen LogP contribution >= 0.6 is 0 Å². The summed E-state index contributed by atoms with van der Waals surface area (Å²) in [4.78, 5) is 0. The summed E-state index contributed by atoms with van der Waals surface area (Å²) in [6.07, 6.45) is 0.548. The van der Waals surface area contributed by atoms with Gasteiger partial charge >= 0.3 is 0 Å². The Balaban J connectivity index is 2.24. The lowest BCUT2D eigenvalue weighted by Gasteiger charge is -2.12. The number of ether oxygens (including phenoxy) is 1. The summed E-state index contributed by atoms with van der Waals surface area (Å²) < 4.78 is 18.2. The van der Waals surface area contributed by atoms with Gasteiger partial charge in [0, 0.05) is 0 Å². The summed E-state index contributed by atoms with van der Waals surface area (Å²) in [6, 6.07) is 15.9. The van der Waals surface area contributed by atoms with E-state index in [0.717, 1.165) is 16.9 Å². The van der Waals surface area contributed by atoms with Crippen LogP contribution in [-0.4, -0.2) is 7.11 Å². The number of para-hydroxylation sites is 1. The van der Waals surface area contributed by atoms with E-state index >= 15 is 0 Å². The fourth-order valence-corrected chi connectivity index (χ4v) is 2.02. The Kier molecular flexibility index (Phi) is 4.15. The molecular weight excluding hydrogens is 241 g/mol. The van der Waals surface area contributed by atoms with E-state index in [0.29, 0.717) is 6.42 Å². The number of hydrogen-bond donors (Lipinski definition) is 0. The van der Waals surface area contributed by atoms with Gasteiger partial charge < -0.3 is 4.74 Å². The first-order valence-electron chi connectivity index (χ1n) is 6.01. The van der Waals surface area contributed by atoms with Crippen molar-refractivity contribution in [1.29, 1.82) is 5.26 Å². The molecule has 3 heteroatoms. The summed E-state index contributed by atoms with van der Waals surface area (Å²) in [7, 11) is 1.61. The van der Waals surface area contributed by atoms with E-state index in [4.69, 9.17) is 4.74 Å². The normalized spacial score (nSPS) is 11.6. The van der Waals surface area contributed by atoms with Gasteiger partial charge in [-0.05, 0) is 35.7 Å². The van der Waals surface area contributed by atoms with Crippen molar-refractivity contribution in [3.63, 3.8) is 0 Å². The number of benzene rings is 2. The van der Waals surface area contributed by atoms with E-state index in [-0.39, 0.29) is 11.7 Å². The molecule has 2 aromatic carbocycles. The Labute approximate surface area is 112 Å². The molecule has 0 aliphatic heterocycles. The monoisotopic (exact) mass is 255 g/mol. The van der Waals surface area contributed by atoms with Crippen LogP contribution in [0.4, 0.5) is 4.39 Å². The molecule has 0 aromatic heterocycles. The lowest BCUT2D eigenvalue weighted by atomic mass is 9.93. The maximum atomic E-state index is 12.9. The zero-order chi connectivity index (χ0) is 13.7. The average Bonchev–Trinajstić information content (AvgIpc) is 2.46. The molecule has 2 rings (SSSR count). The minimum atomic E-state index is -0.308. The SMILES string of the molecule is COc1ccccc1CC(C#N)c1ccc(F)cc1. The van der Waals surface area contributed by atoms with Crippen molar-refractivity contribution in [2.45, 2.75) is 12.3 Å². The lowest BCUT2D eigenvalue weighted by molar-refractivity contribution is 0.409. The third kappa shape index (κ3) is 3.11. The molecule has 0 N–H and O–H groups in total. The standard InChI is InChI=1S/C16H14FNO/c1-19-16-5-3-2-4-13(16)10-14(11-18)12-6-8-15(17)9-7-12/h2-9,14H,10H2,1H3. The number of hydrogen-bond acceptors (Lipinski definition) is 2. The molecule has 0 saturated heterocycles. The van der Waals surface area contributed by atoms with Gasteiger partial charge in [-0.2, -0.15) is 5.26 Å². The third-order valence-electron chi connectivity index (χ3n) is 3.04. The minimum absolute atomic E-state index is 0.294. The van der Waals surface area contributed by atoms with Crippen LogP contribution in [0.2, 0.25) is 0 Å². The van der Waals surface area contributed by atoms with Crippen molar-refractivity contribution in [3.05, 3.63) is 65.5 Å². The van der Waals surface area contributed by atoms with Crippen LogP contribution in [0.25, 0.3) is 0 Å². The van der Waals surface area contributed by atoms with Crippen molar-refractivity contribution >= 4 is 0 Å². The maximum absolute atomic E-state index is 12.9. The molecule has 0 radical (unpaired) electrons. The van der Waals surface area contributed by atoms with Crippen LogP contribution in [0, 0.1) is 17.1 Å². The number of nitrogens with zero attached hydrogens (tertiary/aromatic N) is 1. The van der Waals surface area contributed by atoms with Crippen molar-refractivity contribution < 1.29 is 9.13 Å². The zero-order valence-electron chi connectivity index (χ0n) is 10.6. The topological polar surface area (TPSA) is 33.0 Å². The zero-order valence-corrected chi connectivity index (χ0v) is 10.6. The summed E-state index contributed by atoms with van der Waals surface area (Å²) in [5, 5.41) is 9.29. The predicted octanol–water partition coefficient (Wildman–Crippen LogP) is 3.68. The van der Waals surface area contributed by atoms with E-state index in [1.165, 1.54) is 12.1 Å². The Morgan fingerprint density at radius 2 is 1.84 bits per heavy atom. The highest BCUT2D eigenvalue weighted by molar-refractivity contribution is 5.37. The number of halogens is 1. The van der Waals surface area contributed by atoms with Crippen LogP contribution in [0.3, 0.4) is 0 Å². The van der Waals surface area contributed by atoms with Crippen molar-refractivity contribution in [3.8, 4) is 11.8 Å². The Morgan fingerprint density at radius 3 is 2.47 bits per heavy atom. The van der Waals surface area contributed by atoms with E-state index in [1.807, 2.05) is 24.3 Å². The Hall–Kier alpha value is -2.34. The van der Waals surface area contributed by atoms with Crippen molar-refractivity contribution in [2.24, 2.45) is 0 Å². The molecule has 1 atom stereocenters. The summed E-state index contributed by atoms with van der Waals surface area (Å²) in [5.41, 5.74) is 1.79. The molecule has 0 amide bonds. The molecule has 0 aliphatic rings. The van der Waals surface area contributed by atoms with Gasteiger partial charge in [-0.15, -0.1) is 0 Å². The van der Waals surface area contributed by atoms with Gasteiger partial charge in [0.15, 0.2) is 0 Å². The highest BCUT2D eigenvalue weighted by Crippen LogP contribution is 2.26. The fourth-order valence-electron chi connectivity index (χ4n) is 2.02. The third-order valence-corrected chi connectivity index (χ3v) is 3.04. The van der Waals surface area contributed by atoms with Gasteiger partial charge in [-0.3, -0.25) is 0 Å². The molecule has 0 fully saturated rings. The summed E-state index contributed by atoms with van der Waals surface area (Å²) in [6.45, 7) is 0. The maximum Gasteiger partial charge on any atom is 0.123 e. The average molecular weight is 255 g/mol. The van der Waals surface area contributed by atoms with Crippen LogP contribution in [0.5, 0.6) is 5.75 Å². The molecule has 2 nitrogen and oxygen atoms in total. The van der Waals surface area contributed by atoms with E-state index in [9.17, 15) is 9.65 Å². The van der Waals surface area contributed by atoms with Crippen molar-refractivity contribution in [1.82, 2.24) is 0 Å². The smallest absolute Gasteiger partial charge is 0.123 e. The van der Waals surface area contributed by atoms with E-state index in [1.54, 1.807) is 19.2 Å². The molecule has 0 heterocycles. The second kappa shape index (κ2) is 6.01. The molecule has 0 aliphatic carbocycles. The Morgan fingerprint density at radius 1 is 1.16 bits per heavy atom. The first-order valence-corrected chi connectivity index (χ1v) is 6.01. The van der Waals surface area contributed by atoms with Crippen LogP contribution in [0.1, 0.15) is 17.0 Å². The highest BCUT2D eigenvalue weighted by Gasteiger charge is 2.14. The van der Waals surface area contributed by atoms with Crippen LogP contribution < -0.4 is 4.74 Å². The molecule has 0 spiro atoms. The van der Waals surface area contributed by atoms with Crippen molar-refractivity contribution in [2.75, 3.05) is 7.11 Å². The van der Waals surface area contributed by atoms with Gasteiger partial charge in [0.2, 0.25) is 0 Å². The van der Waals surface area contributed by atoms with Crippen LogP contribution in [0.15, 0.2) is 48.5 Å². The molecule has 0 bridgehead atoms. The van der Waals surface area contributed by atoms with Gasteiger partial charge in [-0.25, -0.2) is 4.39 Å². The first kappa shape index (κ1) is 13.1. The van der Waals surface area contributed by atoms with E-state index in [2.05, 4.69) is 6.07 Å². The second-order valence-corrected chi connectivity index (χ2v) is 4.25. The molecule has 2 aromatic rings. The highest BCUT2D eigenvalue weighted by atomic mass is 19.1. The number of rotatable bonds is 4. The number of nitriles is 1. The van der Waals surface area contributed by atoms with Gasteiger partial charge in [0.1, 0.15) is 11.6 Å². The van der Waals surface area contributed by atoms with Gasteiger partial charge in [0.25, 0.3) is 0 Å². The minimum Gasteiger partial charge on any atom is -0.496 e. The molecule has 96 valence electrons. The van der Waals surface area contributed by atoms with Crippen LogP contribution in [-0.2, 0) is 6.42 Å². The molecule has 19 heavy (non-hydrogen) atoms. The summed E-state index contributed by atoms with van der Waals surface area (Å²) >= 11 is 0. The first-order chi connectivity index (χ1) is 9.24. The number of methoxy groups -OCH3 is 1. The van der Waals surface area contributed by atoms with Gasteiger partial charge in [0.05, 0.1) is 19.1 Å². The Bertz CT molecular complexity index is 586. The molecule has 1 unspecified atom stereocenters. The fraction of sp³-hybridized carbons (Fsp3) is 0.188. The quantitative estimate of drug-likeness (QED) is 0.834. The lowest BCUT2D eigenvalue weighted by Crippen LogP contribution is -2.02. The largest absolute Gasteiger partial charge is 0.496 e. The van der Waals surface area contributed by atoms with Gasteiger partial charge in [-0.1, -0.05) is 30.3 Å². The summed E-state index contributed by atoms with van der Waals surface area (Å²) in [5.74, 6) is 0.166. The molecule has 0 saturated carbocycles.